The molecule has 102 valence electrons. The summed E-state index contributed by atoms with van der Waals surface area (Å²) in [6.45, 7) is 3.74. The fourth-order valence-electron chi connectivity index (χ4n) is 3.34. The smallest absolute Gasteiger partial charge is 0.263 e. The van der Waals surface area contributed by atoms with Gasteiger partial charge in [-0.1, -0.05) is 12.2 Å². The molecule has 1 aromatic rings. The summed E-state index contributed by atoms with van der Waals surface area (Å²) in [4.78, 5) is 26.4. The second-order valence-electron chi connectivity index (χ2n) is 5.17. The maximum absolute atomic E-state index is 11.8. The molecular weight excluding hydrogens is 262 g/mol. The number of aromatic nitrogens is 1. The van der Waals surface area contributed by atoms with Crippen molar-refractivity contribution in [3.63, 3.8) is 0 Å². The lowest BCUT2D eigenvalue weighted by atomic mass is 9.71. The normalized spacial score (nSPS) is 30.7. The fourth-order valence-corrected chi connectivity index (χ4v) is 3.34. The predicted molar refractivity (Wildman–Crippen MR) is 70.0 cm³/mol. The number of hydrogen-bond acceptors (Lipinski definition) is 5. The molecule has 7 nitrogen and oxygen atoms in total. The van der Waals surface area contributed by atoms with Crippen molar-refractivity contribution < 1.29 is 9.85 Å². The zero-order valence-electron chi connectivity index (χ0n) is 10.5. The molecule has 0 aliphatic heterocycles. The number of hydrogen-bond donors (Lipinski definition) is 0. The zero-order valence-corrected chi connectivity index (χ0v) is 10.5. The van der Waals surface area contributed by atoms with E-state index in [0.717, 1.165) is 0 Å². The quantitative estimate of drug-likeness (QED) is 0.465. The van der Waals surface area contributed by atoms with Crippen LogP contribution in [0.4, 0.5) is 0 Å². The second-order valence-corrected chi connectivity index (χ2v) is 5.17. The molecule has 0 amide bonds. The van der Waals surface area contributed by atoms with Crippen molar-refractivity contribution >= 4 is 6.08 Å². The molecule has 20 heavy (non-hydrogen) atoms. The average molecular weight is 273 g/mol. The van der Waals surface area contributed by atoms with E-state index in [1.54, 1.807) is 12.1 Å². The Morgan fingerprint density at radius 1 is 1.25 bits per heavy atom. The van der Waals surface area contributed by atoms with Crippen LogP contribution < -0.4 is 0 Å². The standard InChI is InChI=1S/C13H11N3O4/c1-9-7-12(15(17)18)5-4-11-10(3-2-6-14-11)13(12,8-9)16(19)20/h2-6H,1,7-8H2. The monoisotopic (exact) mass is 273 g/mol. The lowest BCUT2D eigenvalue weighted by Gasteiger charge is -2.32. The van der Waals surface area contributed by atoms with E-state index in [1.807, 2.05) is 0 Å². The fraction of sp³-hybridized carbons (Fsp3) is 0.308. The van der Waals surface area contributed by atoms with Gasteiger partial charge in [0.1, 0.15) is 0 Å². The summed E-state index contributed by atoms with van der Waals surface area (Å²) in [7, 11) is 0. The van der Waals surface area contributed by atoms with Gasteiger partial charge in [-0.3, -0.25) is 25.2 Å². The Labute approximate surface area is 113 Å². The van der Waals surface area contributed by atoms with E-state index in [4.69, 9.17) is 0 Å². The van der Waals surface area contributed by atoms with E-state index in [0.29, 0.717) is 16.8 Å². The summed E-state index contributed by atoms with van der Waals surface area (Å²) in [5, 5.41) is 23.4. The lowest BCUT2D eigenvalue weighted by molar-refractivity contribution is -0.678. The van der Waals surface area contributed by atoms with Crippen molar-refractivity contribution in [3.8, 4) is 0 Å². The first-order valence-electron chi connectivity index (χ1n) is 6.04. The molecule has 1 heterocycles. The Kier molecular flexibility index (Phi) is 2.32. The van der Waals surface area contributed by atoms with Crippen LogP contribution in [0.3, 0.4) is 0 Å². The van der Waals surface area contributed by atoms with Crippen molar-refractivity contribution in [3.05, 3.63) is 68.0 Å². The van der Waals surface area contributed by atoms with Gasteiger partial charge >= 0.3 is 11.1 Å². The van der Waals surface area contributed by atoms with E-state index in [-0.39, 0.29) is 12.8 Å². The Hall–Kier alpha value is -2.57. The molecule has 3 rings (SSSR count). The van der Waals surface area contributed by atoms with Crippen LogP contribution in [0.15, 0.2) is 36.6 Å². The number of pyridine rings is 1. The molecule has 0 radical (unpaired) electrons. The molecular formula is C13H11N3O4. The topological polar surface area (TPSA) is 99.2 Å². The maximum Gasteiger partial charge on any atom is 0.325 e. The van der Waals surface area contributed by atoms with E-state index < -0.39 is 20.9 Å². The molecule has 1 saturated carbocycles. The van der Waals surface area contributed by atoms with Crippen LogP contribution in [0.1, 0.15) is 24.1 Å². The van der Waals surface area contributed by atoms with Crippen LogP contribution in [0.25, 0.3) is 6.08 Å². The molecule has 1 fully saturated rings. The summed E-state index contributed by atoms with van der Waals surface area (Å²) < 4.78 is 0. The molecule has 0 bridgehead atoms. The molecule has 0 saturated heterocycles. The second kappa shape index (κ2) is 3.72. The first kappa shape index (κ1) is 12.5. The van der Waals surface area contributed by atoms with Crippen LogP contribution in [-0.4, -0.2) is 20.4 Å². The molecule has 7 heteroatoms. The molecule has 2 aliphatic carbocycles. The number of nitrogens with zero attached hydrogens (tertiary/aromatic N) is 3. The van der Waals surface area contributed by atoms with Gasteiger partial charge in [0.15, 0.2) is 0 Å². The minimum atomic E-state index is -1.81. The first-order chi connectivity index (χ1) is 9.44. The highest BCUT2D eigenvalue weighted by molar-refractivity contribution is 5.60. The predicted octanol–water partition coefficient (Wildman–Crippen LogP) is 1.95. The van der Waals surface area contributed by atoms with Gasteiger partial charge in [-0.05, 0) is 18.2 Å². The van der Waals surface area contributed by atoms with Crippen LogP contribution in [-0.2, 0) is 5.54 Å². The van der Waals surface area contributed by atoms with Gasteiger partial charge in [0.05, 0.1) is 24.1 Å². The summed E-state index contributed by atoms with van der Waals surface area (Å²) in [6.07, 6.45) is 4.26. The van der Waals surface area contributed by atoms with Crippen LogP contribution in [0.5, 0.6) is 0 Å². The number of nitro groups is 2. The average Bonchev–Trinajstić information content (AvgIpc) is 2.73. The van der Waals surface area contributed by atoms with Gasteiger partial charge in [-0.25, -0.2) is 0 Å². The minimum absolute atomic E-state index is 0.0220. The zero-order chi connectivity index (χ0) is 14.5. The van der Waals surface area contributed by atoms with Crippen molar-refractivity contribution in [2.45, 2.75) is 23.9 Å². The largest absolute Gasteiger partial charge is 0.325 e. The van der Waals surface area contributed by atoms with Gasteiger partial charge in [-0.15, -0.1) is 0 Å². The number of rotatable bonds is 2. The Bertz CT molecular complexity index is 684. The van der Waals surface area contributed by atoms with E-state index in [9.17, 15) is 20.2 Å². The third-order valence-corrected chi connectivity index (χ3v) is 4.18. The van der Waals surface area contributed by atoms with Crippen LogP contribution >= 0.6 is 0 Å². The van der Waals surface area contributed by atoms with Gasteiger partial charge in [0, 0.05) is 22.1 Å². The molecule has 2 aliphatic rings. The highest BCUT2D eigenvalue weighted by atomic mass is 16.6. The van der Waals surface area contributed by atoms with Crippen molar-refractivity contribution in [2.24, 2.45) is 0 Å². The first-order valence-corrected chi connectivity index (χ1v) is 6.04. The van der Waals surface area contributed by atoms with Crippen LogP contribution in [0, 0.1) is 20.2 Å². The van der Waals surface area contributed by atoms with E-state index in [2.05, 4.69) is 11.6 Å². The summed E-state index contributed by atoms with van der Waals surface area (Å²) in [6, 6.07) is 3.11. The Morgan fingerprint density at radius 3 is 2.65 bits per heavy atom. The van der Waals surface area contributed by atoms with Crippen LogP contribution in [0.2, 0.25) is 0 Å². The molecule has 2 atom stereocenters. The minimum Gasteiger partial charge on any atom is -0.263 e. The molecule has 1 aromatic heterocycles. The SMILES string of the molecule is C=C1CC2([N+](=O)[O-])C=Cc3ncccc3C2([N+](=O)[O-])C1. The number of fused-ring (bicyclic) bond motifs is 3. The third kappa shape index (κ3) is 1.21. The highest BCUT2D eigenvalue weighted by Gasteiger charge is 2.76. The van der Waals surface area contributed by atoms with Gasteiger partial charge in [0.2, 0.25) is 0 Å². The van der Waals surface area contributed by atoms with Gasteiger partial charge in [0.25, 0.3) is 0 Å². The molecule has 2 unspecified atom stereocenters. The maximum atomic E-state index is 11.8. The Balaban J connectivity index is 2.40. The van der Waals surface area contributed by atoms with Crippen molar-refractivity contribution in [2.75, 3.05) is 0 Å². The van der Waals surface area contributed by atoms with Gasteiger partial charge in [-0.2, -0.15) is 0 Å². The highest BCUT2D eigenvalue weighted by Crippen LogP contribution is 2.56. The molecule has 0 aromatic carbocycles. The molecule has 0 N–H and O–H groups in total. The van der Waals surface area contributed by atoms with Gasteiger partial charge < -0.3 is 0 Å². The third-order valence-electron chi connectivity index (χ3n) is 4.18. The summed E-state index contributed by atoms with van der Waals surface area (Å²) in [5.41, 5.74) is -2.37. The molecule has 0 spiro atoms. The Morgan fingerprint density at radius 2 is 2.00 bits per heavy atom. The lowest BCUT2D eigenvalue weighted by Crippen LogP contribution is -2.57. The summed E-state index contributed by atoms with van der Waals surface area (Å²) >= 11 is 0. The van der Waals surface area contributed by atoms with Crippen molar-refractivity contribution in [1.29, 1.82) is 0 Å². The summed E-state index contributed by atoms with van der Waals surface area (Å²) in [5.74, 6) is 0. The van der Waals surface area contributed by atoms with E-state index >= 15 is 0 Å². The van der Waals surface area contributed by atoms with E-state index in [1.165, 1.54) is 18.3 Å². The van der Waals surface area contributed by atoms with Crippen molar-refractivity contribution in [1.82, 2.24) is 4.98 Å².